The summed E-state index contributed by atoms with van der Waals surface area (Å²) in [7, 11) is 0. The Labute approximate surface area is 65.4 Å². The second-order valence-corrected chi connectivity index (χ2v) is 3.03. The quantitative estimate of drug-likeness (QED) is 0.608. The third-order valence-corrected chi connectivity index (χ3v) is 2.31. The van der Waals surface area contributed by atoms with Crippen LogP contribution < -0.4 is 0 Å². The van der Waals surface area contributed by atoms with Gasteiger partial charge < -0.3 is 9.90 Å². The number of rotatable bonds is 2. The zero-order chi connectivity index (χ0) is 8.27. The van der Waals surface area contributed by atoms with Gasteiger partial charge in [0, 0.05) is 5.92 Å². The predicted octanol–water partition coefficient (Wildman–Crippen LogP) is 1.08. The summed E-state index contributed by atoms with van der Waals surface area (Å²) in [5.41, 5.74) is 0. The van der Waals surface area contributed by atoms with Gasteiger partial charge in [-0.25, -0.2) is 0 Å². The maximum Gasteiger partial charge on any atom is 0.307 e. The van der Waals surface area contributed by atoms with Crippen molar-refractivity contribution in [2.75, 3.05) is 0 Å². The van der Waals surface area contributed by atoms with Crippen LogP contribution in [0.1, 0.15) is 25.7 Å². The molecule has 0 aromatic carbocycles. The molecule has 1 aliphatic carbocycles. The monoisotopic (exact) mass is 156 g/mol. The summed E-state index contributed by atoms with van der Waals surface area (Å²) in [6.45, 7) is 0. The maximum atomic E-state index is 10.6. The molecule has 0 aliphatic heterocycles. The highest BCUT2D eigenvalue weighted by Crippen LogP contribution is 2.28. The lowest BCUT2D eigenvalue weighted by Gasteiger charge is -2.23. The van der Waals surface area contributed by atoms with Crippen molar-refractivity contribution in [2.24, 2.45) is 11.8 Å². The molecular formula is C8H12O3. The second-order valence-electron chi connectivity index (χ2n) is 3.03. The number of carbonyl (C=O) groups is 2. The first-order chi connectivity index (χ1) is 5.25. The topological polar surface area (TPSA) is 54.4 Å². The van der Waals surface area contributed by atoms with Gasteiger partial charge in [0.25, 0.3) is 0 Å². The third kappa shape index (κ3) is 1.79. The summed E-state index contributed by atoms with van der Waals surface area (Å²) < 4.78 is 0. The molecule has 1 aliphatic rings. The molecular weight excluding hydrogens is 144 g/mol. The lowest BCUT2D eigenvalue weighted by Crippen LogP contribution is -2.27. The zero-order valence-electron chi connectivity index (χ0n) is 6.32. The van der Waals surface area contributed by atoms with Gasteiger partial charge in [-0.3, -0.25) is 4.79 Å². The van der Waals surface area contributed by atoms with Crippen molar-refractivity contribution in [1.82, 2.24) is 0 Å². The van der Waals surface area contributed by atoms with E-state index in [-0.39, 0.29) is 5.92 Å². The summed E-state index contributed by atoms with van der Waals surface area (Å²) in [6, 6.07) is 0. The fourth-order valence-electron chi connectivity index (χ4n) is 1.63. The Bertz CT molecular complexity index is 165. The fraction of sp³-hybridized carbons (Fsp3) is 0.750. The first kappa shape index (κ1) is 8.24. The number of aldehydes is 1. The van der Waals surface area contributed by atoms with Gasteiger partial charge in [0.05, 0.1) is 5.92 Å². The molecule has 0 spiro atoms. The van der Waals surface area contributed by atoms with Crippen molar-refractivity contribution in [1.29, 1.82) is 0 Å². The molecule has 0 amide bonds. The molecule has 1 rings (SSSR count). The van der Waals surface area contributed by atoms with E-state index in [1.165, 1.54) is 0 Å². The SMILES string of the molecule is O=C[C@H]1CCCC[C@H]1C(=O)O. The highest BCUT2D eigenvalue weighted by Gasteiger charge is 2.29. The first-order valence-corrected chi connectivity index (χ1v) is 3.94. The smallest absolute Gasteiger partial charge is 0.307 e. The van der Waals surface area contributed by atoms with Gasteiger partial charge >= 0.3 is 5.97 Å². The fourth-order valence-corrected chi connectivity index (χ4v) is 1.63. The molecule has 3 nitrogen and oxygen atoms in total. The average molecular weight is 156 g/mol. The van der Waals surface area contributed by atoms with Crippen LogP contribution in [0.2, 0.25) is 0 Å². The Morgan fingerprint density at radius 3 is 2.45 bits per heavy atom. The number of hydrogen-bond acceptors (Lipinski definition) is 2. The molecule has 0 unspecified atom stereocenters. The van der Waals surface area contributed by atoms with Crippen LogP contribution in [0, 0.1) is 11.8 Å². The molecule has 0 aromatic heterocycles. The van der Waals surface area contributed by atoms with Crippen LogP contribution in [0.25, 0.3) is 0 Å². The van der Waals surface area contributed by atoms with E-state index in [1.54, 1.807) is 0 Å². The highest BCUT2D eigenvalue weighted by molar-refractivity contribution is 5.75. The minimum absolute atomic E-state index is 0.235. The Morgan fingerprint density at radius 2 is 2.00 bits per heavy atom. The second kappa shape index (κ2) is 3.51. The van der Waals surface area contributed by atoms with Gasteiger partial charge in [0.1, 0.15) is 6.29 Å². The van der Waals surface area contributed by atoms with Crippen molar-refractivity contribution in [3.8, 4) is 0 Å². The van der Waals surface area contributed by atoms with Crippen molar-refractivity contribution in [3.63, 3.8) is 0 Å². The third-order valence-electron chi connectivity index (χ3n) is 2.31. The molecule has 0 heterocycles. The minimum atomic E-state index is -0.818. The molecule has 11 heavy (non-hydrogen) atoms. The standard InChI is InChI=1S/C8H12O3/c9-5-6-3-1-2-4-7(6)8(10)11/h5-7H,1-4H2,(H,10,11)/t6-,7-/m1/s1. The number of carbonyl (C=O) groups excluding carboxylic acids is 1. The van der Waals surface area contributed by atoms with Crippen LogP contribution in [0.3, 0.4) is 0 Å². The zero-order valence-corrected chi connectivity index (χ0v) is 6.32. The molecule has 0 radical (unpaired) electrons. The summed E-state index contributed by atoms with van der Waals surface area (Å²) in [5, 5.41) is 8.68. The molecule has 1 fully saturated rings. The van der Waals surface area contributed by atoms with Gasteiger partial charge in [0.15, 0.2) is 0 Å². The molecule has 62 valence electrons. The lowest BCUT2D eigenvalue weighted by molar-refractivity contribution is -0.146. The van der Waals surface area contributed by atoms with E-state index < -0.39 is 11.9 Å². The van der Waals surface area contributed by atoms with Gasteiger partial charge in [-0.15, -0.1) is 0 Å². The van der Waals surface area contributed by atoms with Crippen molar-refractivity contribution in [3.05, 3.63) is 0 Å². The Kier molecular flexibility index (Phi) is 2.63. The summed E-state index contributed by atoms with van der Waals surface area (Å²) in [4.78, 5) is 21.0. The molecule has 2 atom stereocenters. The van der Waals surface area contributed by atoms with E-state index in [9.17, 15) is 9.59 Å². The van der Waals surface area contributed by atoms with Crippen LogP contribution >= 0.6 is 0 Å². The van der Waals surface area contributed by atoms with E-state index >= 15 is 0 Å². The van der Waals surface area contributed by atoms with E-state index in [0.717, 1.165) is 25.5 Å². The molecule has 0 bridgehead atoms. The molecule has 3 heteroatoms. The van der Waals surface area contributed by atoms with E-state index in [2.05, 4.69) is 0 Å². The predicted molar refractivity (Wildman–Crippen MR) is 39.1 cm³/mol. The maximum absolute atomic E-state index is 10.6. The van der Waals surface area contributed by atoms with Crippen molar-refractivity contribution < 1.29 is 14.7 Å². The summed E-state index contributed by atoms with van der Waals surface area (Å²) in [5.74, 6) is -1.47. The minimum Gasteiger partial charge on any atom is -0.481 e. The van der Waals surface area contributed by atoms with E-state index in [1.807, 2.05) is 0 Å². The van der Waals surface area contributed by atoms with Crippen LogP contribution in [-0.4, -0.2) is 17.4 Å². The average Bonchev–Trinajstić information content (AvgIpc) is 2.04. The van der Waals surface area contributed by atoms with E-state index in [4.69, 9.17) is 5.11 Å². The number of aliphatic carboxylic acids is 1. The molecule has 1 saturated carbocycles. The lowest BCUT2D eigenvalue weighted by atomic mass is 9.80. The van der Waals surface area contributed by atoms with Crippen LogP contribution in [0.15, 0.2) is 0 Å². The highest BCUT2D eigenvalue weighted by atomic mass is 16.4. The number of carboxylic acids is 1. The molecule has 0 aromatic rings. The van der Waals surface area contributed by atoms with Crippen LogP contribution in [-0.2, 0) is 9.59 Å². The van der Waals surface area contributed by atoms with Crippen molar-refractivity contribution >= 4 is 12.3 Å². The normalized spacial score (nSPS) is 31.3. The van der Waals surface area contributed by atoms with Gasteiger partial charge in [0.2, 0.25) is 0 Å². The Balaban J connectivity index is 2.58. The first-order valence-electron chi connectivity index (χ1n) is 3.94. The number of hydrogen-bond donors (Lipinski definition) is 1. The summed E-state index contributed by atoms with van der Waals surface area (Å²) >= 11 is 0. The van der Waals surface area contributed by atoms with E-state index in [0.29, 0.717) is 6.42 Å². The van der Waals surface area contributed by atoms with Gasteiger partial charge in [-0.05, 0) is 12.8 Å². The molecule has 0 saturated heterocycles. The molecule has 1 N–H and O–H groups in total. The summed E-state index contributed by atoms with van der Waals surface area (Å²) in [6.07, 6.45) is 4.14. The van der Waals surface area contributed by atoms with Crippen LogP contribution in [0.4, 0.5) is 0 Å². The number of carboxylic acid groups (broad SMARTS) is 1. The Hall–Kier alpha value is -0.860. The van der Waals surface area contributed by atoms with Crippen molar-refractivity contribution in [2.45, 2.75) is 25.7 Å². The van der Waals surface area contributed by atoms with Gasteiger partial charge in [-0.2, -0.15) is 0 Å². The van der Waals surface area contributed by atoms with Crippen LogP contribution in [0.5, 0.6) is 0 Å². The Morgan fingerprint density at radius 1 is 1.36 bits per heavy atom. The largest absolute Gasteiger partial charge is 0.481 e. The van der Waals surface area contributed by atoms with Gasteiger partial charge in [-0.1, -0.05) is 12.8 Å².